The lowest BCUT2D eigenvalue weighted by Crippen LogP contribution is -2.59. The Kier molecular flexibility index (Phi) is 11.1. The third-order valence-electron chi connectivity index (χ3n) is 7.27. The van der Waals surface area contributed by atoms with Gasteiger partial charge < -0.3 is 30.9 Å². The second kappa shape index (κ2) is 14.2. The summed E-state index contributed by atoms with van der Waals surface area (Å²) >= 11 is 5.91. The number of nitrogens with one attached hydrogen (secondary N) is 4. The van der Waals surface area contributed by atoms with Crippen LogP contribution in [0, 0.1) is 5.41 Å². The molecule has 0 radical (unpaired) electrons. The minimum atomic E-state index is -0.808. The molecule has 4 N–H and O–H groups in total. The summed E-state index contributed by atoms with van der Waals surface area (Å²) in [6, 6.07) is 4.88. The number of nitrogens with zero attached hydrogens (tertiary/aromatic N) is 4. The van der Waals surface area contributed by atoms with Crippen LogP contribution in [0.2, 0.25) is 5.15 Å². The van der Waals surface area contributed by atoms with Crippen molar-refractivity contribution in [2.24, 2.45) is 5.41 Å². The van der Waals surface area contributed by atoms with Crippen molar-refractivity contribution in [3.63, 3.8) is 0 Å². The summed E-state index contributed by atoms with van der Waals surface area (Å²) in [6.45, 7) is 7.80. The Morgan fingerprint density at radius 1 is 1.14 bits per heavy atom. The number of carbonyl (C=O) groups excluding carboxylic acids is 3. The molecule has 232 valence electrons. The van der Waals surface area contributed by atoms with E-state index in [-0.39, 0.29) is 30.1 Å². The maximum Gasteiger partial charge on any atom is 0.247 e. The molecule has 3 amide bonds. The van der Waals surface area contributed by atoms with Gasteiger partial charge in [0.15, 0.2) is 0 Å². The van der Waals surface area contributed by atoms with Crippen molar-refractivity contribution in [2.45, 2.75) is 58.7 Å². The number of carbonyl (C=O) groups is 3. The normalized spacial score (nSPS) is 16.2. The van der Waals surface area contributed by atoms with Crippen LogP contribution in [0.3, 0.4) is 0 Å². The van der Waals surface area contributed by atoms with Gasteiger partial charge in [0, 0.05) is 18.0 Å². The zero-order valence-corrected chi connectivity index (χ0v) is 26.6. The molecule has 1 aliphatic rings. The molecule has 0 spiro atoms. The van der Waals surface area contributed by atoms with Crippen molar-refractivity contribution in [3.05, 3.63) is 41.9 Å². The Morgan fingerprint density at radius 3 is 2.51 bits per heavy atom. The molecule has 0 bridgehead atoms. The number of pyridine rings is 1. The lowest BCUT2D eigenvalue weighted by molar-refractivity contribution is -0.143. The first-order valence-corrected chi connectivity index (χ1v) is 14.1. The maximum atomic E-state index is 13.8. The van der Waals surface area contributed by atoms with Gasteiger partial charge in [0.1, 0.15) is 35.1 Å². The number of benzene rings is 1. The summed E-state index contributed by atoms with van der Waals surface area (Å²) in [5.74, 6) is -0.0223. The standard InChI is InChI=1S/C29H37ClN8O4.ClH/c1-16(31-5)26(39)37-24(29(2,3)4)28(41)38-11-7-8-21(38)27(40)36-20-12-18-19(13-22(20)42-6)33-15-34-25(18)35-17-9-10-23(30)32-14-17;/h9-10,12-16,21,24,31H,7-8,11H2,1-6H3,(H,36,40)(H,37,39)(H,33,34,35);1H/t16-,21-,24+;/m0./s1. The number of hydrogen-bond donors (Lipinski definition) is 4. The number of likely N-dealkylation sites (tertiary alicyclic amines) is 1. The van der Waals surface area contributed by atoms with Crippen molar-refractivity contribution in [1.82, 2.24) is 30.5 Å². The summed E-state index contributed by atoms with van der Waals surface area (Å²) in [7, 11) is 3.19. The number of fused-ring (bicyclic) bond motifs is 1. The second-order valence-electron chi connectivity index (χ2n) is 11.3. The average molecular weight is 634 g/mol. The Labute approximate surface area is 262 Å². The van der Waals surface area contributed by atoms with E-state index < -0.39 is 23.5 Å². The highest BCUT2D eigenvalue weighted by molar-refractivity contribution is 6.29. The lowest BCUT2D eigenvalue weighted by atomic mass is 9.85. The molecule has 14 heteroatoms. The summed E-state index contributed by atoms with van der Waals surface area (Å²) < 4.78 is 5.57. The van der Waals surface area contributed by atoms with E-state index in [1.165, 1.54) is 13.4 Å². The largest absolute Gasteiger partial charge is 0.494 e. The van der Waals surface area contributed by atoms with Crippen LogP contribution in [0.5, 0.6) is 5.75 Å². The Morgan fingerprint density at radius 2 is 1.88 bits per heavy atom. The van der Waals surface area contributed by atoms with Crippen LogP contribution in [0.25, 0.3) is 10.9 Å². The number of anilines is 3. The SMILES string of the molecule is CN[C@@H](C)C(=O)N[C@H](C(=O)N1CCC[C@H]1C(=O)Nc1cc2c(Nc3ccc(Cl)nc3)ncnc2cc1OC)C(C)(C)C.Cl. The van der Waals surface area contributed by atoms with Crippen LogP contribution in [-0.4, -0.2) is 76.4 Å². The first-order valence-electron chi connectivity index (χ1n) is 13.7. The Balaban J connectivity index is 0.00000506. The van der Waals surface area contributed by atoms with Crippen LogP contribution in [0.1, 0.15) is 40.5 Å². The zero-order chi connectivity index (χ0) is 30.6. The van der Waals surface area contributed by atoms with Gasteiger partial charge >= 0.3 is 0 Å². The van der Waals surface area contributed by atoms with Gasteiger partial charge in [-0.1, -0.05) is 32.4 Å². The second-order valence-corrected chi connectivity index (χ2v) is 11.7. The number of rotatable bonds is 9. The van der Waals surface area contributed by atoms with Crippen LogP contribution >= 0.6 is 24.0 Å². The number of amides is 3. The number of likely N-dealkylation sites (N-methyl/N-ethyl adjacent to an activating group) is 1. The van der Waals surface area contributed by atoms with Crippen molar-refractivity contribution < 1.29 is 19.1 Å². The molecule has 3 aromatic rings. The molecular formula is C29H38Cl2N8O4. The van der Waals surface area contributed by atoms with Crippen LogP contribution in [-0.2, 0) is 14.4 Å². The fourth-order valence-corrected chi connectivity index (χ4v) is 4.88. The van der Waals surface area contributed by atoms with Crippen molar-refractivity contribution in [3.8, 4) is 5.75 Å². The van der Waals surface area contributed by atoms with E-state index in [1.54, 1.807) is 49.3 Å². The number of halogens is 2. The number of hydrogen-bond acceptors (Lipinski definition) is 9. The van der Waals surface area contributed by atoms with Crippen molar-refractivity contribution >= 4 is 69.8 Å². The maximum absolute atomic E-state index is 13.8. The molecule has 4 rings (SSSR count). The minimum Gasteiger partial charge on any atom is -0.494 e. The summed E-state index contributed by atoms with van der Waals surface area (Å²) in [5, 5.41) is 12.9. The van der Waals surface area contributed by atoms with Gasteiger partial charge in [0.05, 0.1) is 36.2 Å². The summed E-state index contributed by atoms with van der Waals surface area (Å²) in [5.41, 5.74) is 1.10. The third kappa shape index (κ3) is 7.81. The third-order valence-corrected chi connectivity index (χ3v) is 7.49. The topological polar surface area (TPSA) is 150 Å². The van der Waals surface area contributed by atoms with Gasteiger partial charge in [-0.3, -0.25) is 14.4 Å². The van der Waals surface area contributed by atoms with Gasteiger partial charge in [-0.2, -0.15) is 0 Å². The number of methoxy groups -OCH3 is 1. The highest BCUT2D eigenvalue weighted by Crippen LogP contribution is 2.34. The van der Waals surface area contributed by atoms with Gasteiger partial charge in [-0.05, 0) is 50.4 Å². The fraction of sp³-hybridized carbons (Fsp3) is 0.448. The van der Waals surface area contributed by atoms with E-state index in [1.807, 2.05) is 20.8 Å². The number of aromatic nitrogens is 3. The molecule has 0 unspecified atom stereocenters. The highest BCUT2D eigenvalue weighted by atomic mass is 35.5. The van der Waals surface area contributed by atoms with Crippen molar-refractivity contribution in [2.75, 3.05) is 31.3 Å². The quantitative estimate of drug-likeness (QED) is 0.257. The Bertz CT molecular complexity index is 1470. The molecule has 1 aromatic carbocycles. The van der Waals surface area contributed by atoms with Gasteiger partial charge in [-0.15, -0.1) is 12.4 Å². The van der Waals surface area contributed by atoms with E-state index in [0.29, 0.717) is 58.4 Å². The van der Waals surface area contributed by atoms with Crippen molar-refractivity contribution in [1.29, 1.82) is 0 Å². The van der Waals surface area contributed by atoms with Gasteiger partial charge in [0.2, 0.25) is 17.7 Å². The molecule has 1 aliphatic heterocycles. The predicted octanol–water partition coefficient (Wildman–Crippen LogP) is 3.92. The van der Waals surface area contributed by atoms with E-state index >= 15 is 0 Å². The zero-order valence-electron chi connectivity index (χ0n) is 25.0. The van der Waals surface area contributed by atoms with Gasteiger partial charge in [0.25, 0.3) is 0 Å². The van der Waals surface area contributed by atoms with Crippen LogP contribution < -0.4 is 26.0 Å². The molecule has 3 heterocycles. The first kappa shape index (κ1) is 33.8. The van der Waals surface area contributed by atoms with E-state index in [9.17, 15) is 14.4 Å². The van der Waals surface area contributed by atoms with Crippen LogP contribution in [0.15, 0.2) is 36.8 Å². The molecule has 3 atom stereocenters. The van der Waals surface area contributed by atoms with Gasteiger partial charge in [-0.25, -0.2) is 15.0 Å². The highest BCUT2D eigenvalue weighted by Gasteiger charge is 2.42. The molecule has 2 aromatic heterocycles. The molecule has 0 saturated carbocycles. The molecule has 1 saturated heterocycles. The van der Waals surface area contributed by atoms with E-state index in [2.05, 4.69) is 36.2 Å². The predicted molar refractivity (Wildman–Crippen MR) is 169 cm³/mol. The first-order chi connectivity index (χ1) is 19.9. The smallest absolute Gasteiger partial charge is 0.247 e. The average Bonchev–Trinajstić information content (AvgIpc) is 3.46. The fourth-order valence-electron chi connectivity index (χ4n) is 4.77. The minimum absolute atomic E-state index is 0. The molecule has 0 aliphatic carbocycles. The molecule has 43 heavy (non-hydrogen) atoms. The lowest BCUT2D eigenvalue weighted by Gasteiger charge is -2.36. The Hall–Kier alpha value is -3.74. The summed E-state index contributed by atoms with van der Waals surface area (Å²) in [4.78, 5) is 54.5. The molecular weight excluding hydrogens is 595 g/mol. The number of ether oxygens (including phenoxy) is 1. The molecule has 1 fully saturated rings. The molecule has 12 nitrogen and oxygen atoms in total. The summed E-state index contributed by atoms with van der Waals surface area (Å²) in [6.07, 6.45) is 4.16. The van der Waals surface area contributed by atoms with E-state index in [0.717, 1.165) is 0 Å². The monoisotopic (exact) mass is 632 g/mol. The van der Waals surface area contributed by atoms with Crippen LogP contribution in [0.4, 0.5) is 17.2 Å². The van der Waals surface area contributed by atoms with E-state index in [4.69, 9.17) is 16.3 Å².